The van der Waals surface area contributed by atoms with Crippen LogP contribution in [0.5, 0.6) is 0 Å². The van der Waals surface area contributed by atoms with Crippen LogP contribution < -0.4 is 25.6 Å². The maximum absolute atomic E-state index is 14.5. The molecule has 1 unspecified atom stereocenters. The topological polar surface area (TPSA) is 235 Å². The Morgan fingerprint density at radius 2 is 1.47 bits per heavy atom. The number of amides is 6. The van der Waals surface area contributed by atoms with Gasteiger partial charge in [0, 0.05) is 118 Å². The monoisotopic (exact) mass is 1280 g/mol. The molecule has 4 aliphatic heterocycles. The summed E-state index contributed by atoms with van der Waals surface area (Å²) >= 11 is 1.39. The summed E-state index contributed by atoms with van der Waals surface area (Å²) in [5, 5.41) is 8.37. The molecule has 476 valence electrons. The van der Waals surface area contributed by atoms with Crippen LogP contribution in [0.15, 0.2) is 117 Å². The van der Waals surface area contributed by atoms with Crippen LogP contribution in [0.25, 0.3) is 0 Å². The summed E-state index contributed by atoms with van der Waals surface area (Å²) in [5.41, 5.74) is 0.0188. The van der Waals surface area contributed by atoms with Crippen LogP contribution >= 0.6 is 11.8 Å². The molecule has 4 aromatic carbocycles. The number of carbonyl (C=O) groups is 6. The smallest absolute Gasteiger partial charge is 0.385 e. The average molecular weight is 1280 g/mol. The first-order chi connectivity index (χ1) is 42.2. The van der Waals surface area contributed by atoms with Gasteiger partial charge in [-0.2, -0.15) is 13.2 Å². The molecule has 2 atom stereocenters. The van der Waals surface area contributed by atoms with Crippen molar-refractivity contribution in [2.24, 2.45) is 16.2 Å². The van der Waals surface area contributed by atoms with Gasteiger partial charge in [0.25, 0.3) is 37.6 Å². The van der Waals surface area contributed by atoms with Crippen LogP contribution in [0.4, 0.5) is 30.2 Å². The highest BCUT2D eigenvalue weighted by molar-refractivity contribution is 7.99. The fourth-order valence-electron chi connectivity index (χ4n) is 14.2. The van der Waals surface area contributed by atoms with Gasteiger partial charge in [-0.15, -0.1) is 11.8 Å². The Morgan fingerprint density at radius 3 is 2.15 bits per heavy atom. The zero-order valence-corrected chi connectivity index (χ0v) is 52.7. The molecule has 25 heteroatoms. The minimum absolute atomic E-state index is 0.00642. The van der Waals surface area contributed by atoms with Gasteiger partial charge in [-0.1, -0.05) is 50.1 Å². The van der Waals surface area contributed by atoms with Gasteiger partial charge in [0.15, 0.2) is 0 Å². The molecule has 0 radical (unpaired) electrons. The van der Waals surface area contributed by atoms with Crippen LogP contribution in [-0.4, -0.2) is 167 Å². The third-order valence-electron chi connectivity index (χ3n) is 18.9. The number of sulfone groups is 1. The lowest BCUT2D eigenvalue weighted by Gasteiger charge is -2.72. The van der Waals surface area contributed by atoms with E-state index < -0.39 is 82.5 Å². The molecule has 4 heterocycles. The molecule has 19 nitrogen and oxygen atoms in total. The molecule has 0 spiro atoms. The summed E-state index contributed by atoms with van der Waals surface area (Å²) in [4.78, 5) is 85.5. The van der Waals surface area contributed by atoms with Crippen molar-refractivity contribution < 1.29 is 58.8 Å². The number of benzene rings is 4. The summed E-state index contributed by atoms with van der Waals surface area (Å²) < 4.78 is 99.8. The second kappa shape index (κ2) is 25.1. The van der Waals surface area contributed by atoms with Gasteiger partial charge < -0.3 is 20.4 Å². The third-order valence-corrected chi connectivity index (χ3v) is 22.9. The normalized spacial score (nSPS) is 23.5. The number of halogens is 3. The second-order valence-corrected chi connectivity index (χ2v) is 30.8. The van der Waals surface area contributed by atoms with Gasteiger partial charge in [-0.3, -0.25) is 48.8 Å². The van der Waals surface area contributed by atoms with E-state index >= 15 is 0 Å². The van der Waals surface area contributed by atoms with Gasteiger partial charge in [-0.25, -0.2) is 21.6 Å². The standard InChI is InChI=1S/C64H76F3N9O10S3/c1-61(2)23-21-43(51(36-61)63-39-62(3,40-63)41-63)37-73-28-30-74(31-29-73)46-14-11-42(12-15-46)57(79)71-89(85,86)48-16-18-52(54(35-48)88(83,84)64(65,66)67)69-45(38-87-47-8-5-4-6-9-47)22-25-72-26-32-75(33-27-72)56(78)10-7-24-68-44-13-17-49-50(34-44)60(82)76(59(49)81)53-19-20-55(77)70-58(53)80/h4-6,8-9,11-18,34-35,45,53,68-69H,7,10,19-33,36-41H2,1-3H3,(H,71,79)(H,70,77,80)/t45-,53?,62?,63?/m1/s1. The van der Waals surface area contributed by atoms with E-state index in [2.05, 4.69) is 51.4 Å². The highest BCUT2D eigenvalue weighted by Gasteiger charge is 2.67. The van der Waals surface area contributed by atoms with Crippen molar-refractivity contribution in [2.75, 3.05) is 93.3 Å². The van der Waals surface area contributed by atoms with E-state index in [1.165, 1.54) is 68.1 Å². The number of piperazine rings is 2. The zero-order chi connectivity index (χ0) is 63.3. The van der Waals surface area contributed by atoms with E-state index in [9.17, 15) is 58.8 Å². The van der Waals surface area contributed by atoms with E-state index in [1.807, 2.05) is 35.1 Å². The van der Waals surface area contributed by atoms with Crippen molar-refractivity contribution in [1.82, 2.24) is 29.6 Å². The molecule has 6 fully saturated rings. The summed E-state index contributed by atoms with van der Waals surface area (Å²) in [7, 11) is -11.1. The number of hydrogen-bond acceptors (Lipinski definition) is 16. The number of anilines is 3. The van der Waals surface area contributed by atoms with E-state index in [4.69, 9.17) is 0 Å². The molecule has 12 rings (SSSR count). The Morgan fingerprint density at radius 1 is 0.787 bits per heavy atom. The van der Waals surface area contributed by atoms with Gasteiger partial charge in [0.1, 0.15) is 10.9 Å². The summed E-state index contributed by atoms with van der Waals surface area (Å²) in [6.07, 6.45) is 8.49. The Kier molecular flexibility index (Phi) is 18.0. The first kappa shape index (κ1) is 63.8. The molecule has 89 heavy (non-hydrogen) atoms. The number of fused-ring (bicyclic) bond motifs is 1. The third kappa shape index (κ3) is 13.8. The molecule has 0 aromatic heterocycles. The first-order valence-electron chi connectivity index (χ1n) is 30.5. The first-order valence-corrected chi connectivity index (χ1v) is 34.5. The fraction of sp³-hybridized carbons (Fsp3) is 0.500. The Labute approximate surface area is 521 Å². The molecule has 6 amide bonds. The lowest BCUT2D eigenvalue weighted by atomic mass is 9.33. The summed E-state index contributed by atoms with van der Waals surface area (Å²) in [6, 6.07) is 20.9. The number of nitrogens with one attached hydrogen (secondary N) is 4. The van der Waals surface area contributed by atoms with Crippen molar-refractivity contribution in [3.05, 3.63) is 119 Å². The summed E-state index contributed by atoms with van der Waals surface area (Å²) in [5.74, 6) is -3.26. The number of carbonyl (C=O) groups excluding carboxylic acids is 6. The molecular formula is C64H76F3N9O10S3. The molecule has 3 saturated carbocycles. The van der Waals surface area contributed by atoms with Crippen molar-refractivity contribution in [3.63, 3.8) is 0 Å². The van der Waals surface area contributed by atoms with E-state index in [0.717, 1.165) is 66.8 Å². The van der Waals surface area contributed by atoms with Crippen LogP contribution in [0.2, 0.25) is 0 Å². The summed E-state index contributed by atoms with van der Waals surface area (Å²) in [6.45, 7) is 14.0. The Bertz CT molecular complexity index is 3680. The van der Waals surface area contributed by atoms with Crippen LogP contribution in [-0.2, 0) is 34.2 Å². The molecular weight excluding hydrogens is 1210 g/mol. The quantitative estimate of drug-likeness (QED) is 0.0251. The fourth-order valence-corrected chi connectivity index (χ4v) is 17.2. The van der Waals surface area contributed by atoms with Crippen LogP contribution in [0, 0.1) is 16.2 Å². The van der Waals surface area contributed by atoms with Gasteiger partial charge in [-0.05, 0) is 147 Å². The highest BCUT2D eigenvalue weighted by Crippen LogP contribution is 2.77. The Balaban J connectivity index is 0.678. The van der Waals surface area contributed by atoms with Crippen LogP contribution in [0.1, 0.15) is 122 Å². The van der Waals surface area contributed by atoms with Gasteiger partial charge >= 0.3 is 5.51 Å². The van der Waals surface area contributed by atoms with E-state index in [-0.39, 0.29) is 47.6 Å². The molecule has 4 N–H and O–H groups in total. The number of allylic oxidation sites excluding steroid dienone is 1. The molecule has 8 aliphatic rings. The van der Waals surface area contributed by atoms with Crippen molar-refractivity contribution >= 4 is 84.1 Å². The minimum Gasteiger partial charge on any atom is -0.385 e. The van der Waals surface area contributed by atoms with Crippen molar-refractivity contribution in [1.29, 1.82) is 0 Å². The minimum atomic E-state index is -6.16. The number of imide groups is 2. The lowest BCUT2D eigenvalue weighted by molar-refractivity contribution is -0.167. The lowest BCUT2D eigenvalue weighted by Crippen LogP contribution is -2.61. The highest BCUT2D eigenvalue weighted by atomic mass is 32.2. The number of piperidine rings is 1. The number of hydrogen-bond donors (Lipinski definition) is 4. The maximum Gasteiger partial charge on any atom is 0.501 e. The van der Waals surface area contributed by atoms with Crippen molar-refractivity contribution in [2.45, 2.75) is 124 Å². The maximum atomic E-state index is 14.5. The number of alkyl halides is 3. The number of thioether (sulfide) groups is 1. The molecule has 3 saturated heterocycles. The molecule has 4 aliphatic carbocycles. The number of rotatable bonds is 22. The largest absolute Gasteiger partial charge is 0.501 e. The second-order valence-electron chi connectivity index (χ2n) is 26.1. The molecule has 2 bridgehead atoms. The van der Waals surface area contributed by atoms with Gasteiger partial charge in [0.05, 0.1) is 21.7 Å². The number of nitrogens with zero attached hydrogens (tertiary/aromatic N) is 5. The SMILES string of the molecule is CC1(C)CCC(CN2CCN(c3ccc(C(=O)NS(=O)(=O)c4ccc(N[C@H](CCN5CCN(C(=O)CCCNc6ccc7c(c6)C(=O)N(C6CCC(=O)NC6=O)C7=O)CC5)CSc5ccccc5)c(S(=O)(=O)C(F)(F)F)c4)cc3)CC2)=C(C23CC(C)(C2)C3)C1. The average Bonchev–Trinajstić information content (AvgIpc) is 1.13. The van der Waals surface area contributed by atoms with Gasteiger partial charge in [0.2, 0.25) is 17.7 Å². The predicted molar refractivity (Wildman–Crippen MR) is 332 cm³/mol. The van der Waals surface area contributed by atoms with Crippen LogP contribution in [0.3, 0.4) is 0 Å². The van der Waals surface area contributed by atoms with E-state index in [1.54, 1.807) is 34.2 Å². The predicted octanol–water partition coefficient (Wildman–Crippen LogP) is 8.32. The molecule has 4 aromatic rings. The van der Waals surface area contributed by atoms with E-state index in [0.29, 0.717) is 80.1 Å². The number of sulfonamides is 1. The Hall–Kier alpha value is -6.80. The zero-order valence-electron chi connectivity index (χ0n) is 50.3. The van der Waals surface area contributed by atoms with Crippen molar-refractivity contribution in [3.8, 4) is 0 Å².